The summed E-state index contributed by atoms with van der Waals surface area (Å²) in [6.45, 7) is 3.12. The normalized spacial score (nSPS) is 15.1. The Balaban J connectivity index is 1.66. The lowest BCUT2D eigenvalue weighted by Crippen LogP contribution is -2.41. The Bertz CT molecular complexity index is 701. The van der Waals surface area contributed by atoms with E-state index in [1.54, 1.807) is 0 Å². The third-order valence-corrected chi connectivity index (χ3v) is 4.69. The summed E-state index contributed by atoms with van der Waals surface area (Å²) in [5.74, 6) is 0.107. The first-order valence-electron chi connectivity index (χ1n) is 8.03. The van der Waals surface area contributed by atoms with Gasteiger partial charge in [-0.1, -0.05) is 48.0 Å². The van der Waals surface area contributed by atoms with E-state index in [0.29, 0.717) is 6.54 Å². The van der Waals surface area contributed by atoms with E-state index in [-0.39, 0.29) is 11.9 Å². The average molecular weight is 329 g/mol. The van der Waals surface area contributed by atoms with Crippen molar-refractivity contribution in [2.75, 3.05) is 18.0 Å². The summed E-state index contributed by atoms with van der Waals surface area (Å²) >= 11 is 6.21. The lowest BCUT2D eigenvalue weighted by Gasteiger charge is -2.30. The Kier molecular flexibility index (Phi) is 4.99. The zero-order valence-electron chi connectivity index (χ0n) is 13.3. The quantitative estimate of drug-likeness (QED) is 0.921. The number of carbonyl (C=O) groups is 1. The highest BCUT2D eigenvalue weighted by molar-refractivity contribution is 6.31. The fourth-order valence-electron chi connectivity index (χ4n) is 3.06. The van der Waals surface area contributed by atoms with Crippen LogP contribution in [0.15, 0.2) is 48.5 Å². The Hall–Kier alpha value is -1.84. The van der Waals surface area contributed by atoms with Gasteiger partial charge in [-0.15, -0.1) is 0 Å². The van der Waals surface area contributed by atoms with Gasteiger partial charge in [-0.3, -0.25) is 4.79 Å². The summed E-state index contributed by atoms with van der Waals surface area (Å²) in [7, 11) is 0. The summed E-state index contributed by atoms with van der Waals surface area (Å²) in [6.07, 6.45) is 2.06. The fraction of sp³-hybridized carbons (Fsp3) is 0.316. The van der Waals surface area contributed by atoms with Crippen molar-refractivity contribution in [3.8, 4) is 0 Å². The minimum atomic E-state index is 0.0349. The number of halogens is 1. The predicted octanol–water partition coefficient (Wildman–Crippen LogP) is 3.97. The van der Waals surface area contributed by atoms with Crippen LogP contribution in [-0.4, -0.2) is 19.0 Å². The molecule has 1 atom stereocenters. The van der Waals surface area contributed by atoms with E-state index in [0.717, 1.165) is 35.7 Å². The van der Waals surface area contributed by atoms with Crippen LogP contribution in [0, 0.1) is 0 Å². The van der Waals surface area contributed by atoms with Crippen molar-refractivity contribution in [2.24, 2.45) is 0 Å². The van der Waals surface area contributed by atoms with Crippen molar-refractivity contribution in [1.29, 1.82) is 0 Å². The maximum atomic E-state index is 12.6. The molecule has 0 bridgehead atoms. The van der Waals surface area contributed by atoms with Crippen LogP contribution in [0.4, 0.5) is 5.69 Å². The monoisotopic (exact) mass is 328 g/mol. The SMILES string of the molecule is CC(NCC(=O)N1CCCc2ccccc21)c1ccccc1Cl. The van der Waals surface area contributed by atoms with Crippen molar-refractivity contribution in [2.45, 2.75) is 25.8 Å². The van der Waals surface area contributed by atoms with Gasteiger partial charge in [-0.25, -0.2) is 0 Å². The number of benzene rings is 2. The number of fused-ring (bicyclic) bond motifs is 1. The van der Waals surface area contributed by atoms with Crippen LogP contribution in [0.5, 0.6) is 0 Å². The Morgan fingerprint density at radius 3 is 2.78 bits per heavy atom. The molecule has 120 valence electrons. The van der Waals surface area contributed by atoms with E-state index in [1.807, 2.05) is 54.3 Å². The number of nitrogens with one attached hydrogen (secondary N) is 1. The molecule has 1 heterocycles. The zero-order chi connectivity index (χ0) is 16.2. The van der Waals surface area contributed by atoms with Crippen molar-refractivity contribution < 1.29 is 4.79 Å². The van der Waals surface area contributed by atoms with Gasteiger partial charge in [0.2, 0.25) is 5.91 Å². The molecule has 1 aliphatic heterocycles. The van der Waals surface area contributed by atoms with Crippen molar-refractivity contribution in [1.82, 2.24) is 5.32 Å². The lowest BCUT2D eigenvalue weighted by atomic mass is 10.0. The molecule has 23 heavy (non-hydrogen) atoms. The summed E-state index contributed by atoms with van der Waals surface area (Å²) in [6, 6.07) is 15.9. The van der Waals surface area contributed by atoms with E-state index in [9.17, 15) is 4.79 Å². The molecule has 3 nitrogen and oxygen atoms in total. The molecular weight excluding hydrogens is 308 g/mol. The number of hydrogen-bond donors (Lipinski definition) is 1. The maximum Gasteiger partial charge on any atom is 0.240 e. The van der Waals surface area contributed by atoms with Gasteiger partial charge in [0.1, 0.15) is 0 Å². The Morgan fingerprint density at radius 1 is 1.22 bits per heavy atom. The van der Waals surface area contributed by atoms with Gasteiger partial charge >= 0.3 is 0 Å². The number of hydrogen-bond acceptors (Lipinski definition) is 2. The van der Waals surface area contributed by atoms with Gasteiger partial charge in [0.05, 0.1) is 6.54 Å². The van der Waals surface area contributed by atoms with E-state index in [4.69, 9.17) is 11.6 Å². The molecule has 2 aromatic rings. The van der Waals surface area contributed by atoms with Crippen LogP contribution >= 0.6 is 11.6 Å². The minimum absolute atomic E-state index is 0.0349. The topological polar surface area (TPSA) is 32.3 Å². The second-order valence-electron chi connectivity index (χ2n) is 5.90. The van der Waals surface area contributed by atoms with Crippen LogP contribution in [0.25, 0.3) is 0 Å². The van der Waals surface area contributed by atoms with E-state index < -0.39 is 0 Å². The molecule has 0 radical (unpaired) electrons. The fourth-order valence-corrected chi connectivity index (χ4v) is 3.36. The molecule has 4 heteroatoms. The second-order valence-corrected chi connectivity index (χ2v) is 6.31. The molecule has 1 N–H and O–H groups in total. The van der Waals surface area contributed by atoms with Crippen LogP contribution in [0.3, 0.4) is 0 Å². The number of rotatable bonds is 4. The first kappa shape index (κ1) is 16.0. The Labute approximate surface area is 142 Å². The predicted molar refractivity (Wildman–Crippen MR) is 95.0 cm³/mol. The molecule has 0 saturated heterocycles. The smallest absolute Gasteiger partial charge is 0.240 e. The third-order valence-electron chi connectivity index (χ3n) is 4.34. The van der Waals surface area contributed by atoms with Gasteiger partial charge in [0.25, 0.3) is 0 Å². The van der Waals surface area contributed by atoms with E-state index in [1.165, 1.54) is 5.56 Å². The first-order valence-corrected chi connectivity index (χ1v) is 8.40. The van der Waals surface area contributed by atoms with E-state index >= 15 is 0 Å². The largest absolute Gasteiger partial charge is 0.311 e. The van der Waals surface area contributed by atoms with Crippen molar-refractivity contribution in [3.63, 3.8) is 0 Å². The van der Waals surface area contributed by atoms with Crippen molar-refractivity contribution in [3.05, 3.63) is 64.7 Å². The molecule has 1 unspecified atom stereocenters. The molecule has 0 aromatic heterocycles. The summed E-state index contributed by atoms with van der Waals surface area (Å²) in [5.41, 5.74) is 3.32. The summed E-state index contributed by atoms with van der Waals surface area (Å²) in [5, 5.41) is 4.02. The molecule has 0 saturated carbocycles. The van der Waals surface area contributed by atoms with Crippen LogP contribution in [-0.2, 0) is 11.2 Å². The molecule has 3 rings (SSSR count). The molecular formula is C19H21ClN2O. The highest BCUT2D eigenvalue weighted by Crippen LogP contribution is 2.27. The number of aryl methyl sites for hydroxylation is 1. The lowest BCUT2D eigenvalue weighted by molar-refractivity contribution is -0.118. The maximum absolute atomic E-state index is 12.6. The molecule has 0 fully saturated rings. The van der Waals surface area contributed by atoms with Crippen LogP contribution < -0.4 is 10.2 Å². The summed E-state index contributed by atoms with van der Waals surface area (Å²) in [4.78, 5) is 14.5. The number of para-hydroxylation sites is 1. The minimum Gasteiger partial charge on any atom is -0.311 e. The van der Waals surface area contributed by atoms with Gasteiger partial charge in [-0.2, -0.15) is 0 Å². The number of anilines is 1. The van der Waals surface area contributed by atoms with Crippen LogP contribution in [0.2, 0.25) is 5.02 Å². The molecule has 1 aliphatic rings. The number of nitrogens with zero attached hydrogens (tertiary/aromatic N) is 1. The highest BCUT2D eigenvalue weighted by Gasteiger charge is 2.22. The van der Waals surface area contributed by atoms with Gasteiger partial charge < -0.3 is 10.2 Å². The van der Waals surface area contributed by atoms with E-state index in [2.05, 4.69) is 11.4 Å². The second kappa shape index (κ2) is 7.16. The average Bonchev–Trinajstić information content (AvgIpc) is 2.59. The molecule has 2 aromatic carbocycles. The van der Waals surface area contributed by atoms with Crippen molar-refractivity contribution >= 4 is 23.2 Å². The highest BCUT2D eigenvalue weighted by atomic mass is 35.5. The van der Waals surface area contributed by atoms with Gasteiger partial charge in [-0.05, 0) is 43.0 Å². The third kappa shape index (κ3) is 3.57. The Morgan fingerprint density at radius 2 is 1.96 bits per heavy atom. The molecule has 0 aliphatic carbocycles. The summed E-state index contributed by atoms with van der Waals surface area (Å²) < 4.78 is 0. The number of carbonyl (C=O) groups excluding carboxylic acids is 1. The molecule has 0 spiro atoms. The number of amides is 1. The standard InChI is InChI=1S/C19H21ClN2O/c1-14(16-9-3-4-10-17(16)20)21-13-19(23)22-12-6-8-15-7-2-5-11-18(15)22/h2-5,7,9-11,14,21H,6,8,12-13H2,1H3. The molecule has 1 amide bonds. The van der Waals surface area contributed by atoms with Crippen LogP contribution in [0.1, 0.15) is 30.5 Å². The van der Waals surface area contributed by atoms with Gasteiger partial charge in [0.15, 0.2) is 0 Å². The zero-order valence-corrected chi connectivity index (χ0v) is 14.0. The first-order chi connectivity index (χ1) is 11.2. The van der Waals surface area contributed by atoms with Gasteiger partial charge in [0, 0.05) is 23.3 Å².